The second kappa shape index (κ2) is 3.92. The molecule has 0 aliphatic rings. The first kappa shape index (κ1) is 10.4. The molecule has 2 heterocycles. The summed E-state index contributed by atoms with van der Waals surface area (Å²) in [6.45, 7) is 0. The van der Waals surface area contributed by atoms with Gasteiger partial charge in [0.15, 0.2) is 5.65 Å². The number of aromatic nitrogens is 3. The van der Waals surface area contributed by atoms with E-state index in [9.17, 15) is 4.39 Å². The minimum absolute atomic E-state index is 0.287. The van der Waals surface area contributed by atoms with Crippen LogP contribution in [0.3, 0.4) is 0 Å². The van der Waals surface area contributed by atoms with Crippen molar-refractivity contribution >= 4 is 21.6 Å². The molecule has 0 aliphatic heterocycles. The van der Waals surface area contributed by atoms with Crippen LogP contribution in [0.4, 0.5) is 4.39 Å². The number of nitrogens with zero attached hydrogens (tertiary/aromatic N) is 3. The lowest BCUT2D eigenvalue weighted by Crippen LogP contribution is -1.83. The summed E-state index contributed by atoms with van der Waals surface area (Å²) in [5, 5.41) is 0. The van der Waals surface area contributed by atoms with Gasteiger partial charge < -0.3 is 4.40 Å². The fraction of sp³-hybridized carbons (Fsp3) is 0. The van der Waals surface area contributed by atoms with Gasteiger partial charge in [-0.25, -0.2) is 9.37 Å². The predicted octanol–water partition coefficient (Wildman–Crippen LogP) is 3.30. The Labute approximate surface area is 105 Å². The number of imidazole rings is 1. The van der Waals surface area contributed by atoms with Crippen LogP contribution < -0.4 is 0 Å². The van der Waals surface area contributed by atoms with E-state index >= 15 is 0 Å². The van der Waals surface area contributed by atoms with Crippen molar-refractivity contribution in [2.45, 2.75) is 0 Å². The zero-order valence-electron chi connectivity index (χ0n) is 8.64. The van der Waals surface area contributed by atoms with Gasteiger partial charge in [-0.1, -0.05) is 15.9 Å². The van der Waals surface area contributed by atoms with E-state index in [1.807, 2.05) is 4.40 Å². The Hall–Kier alpha value is -1.75. The molecular formula is C12H7BrFN3. The average Bonchev–Trinajstić information content (AvgIpc) is 2.75. The molecule has 0 spiro atoms. The topological polar surface area (TPSA) is 30.2 Å². The Morgan fingerprint density at radius 2 is 2.18 bits per heavy atom. The SMILES string of the molecule is Fc1ccc(Br)cc1-c1cn2ccncc2n1. The summed E-state index contributed by atoms with van der Waals surface area (Å²) in [4.78, 5) is 8.30. The smallest absolute Gasteiger partial charge is 0.155 e. The molecule has 0 atom stereocenters. The predicted molar refractivity (Wildman–Crippen MR) is 66.1 cm³/mol. The third-order valence-electron chi connectivity index (χ3n) is 2.47. The molecular weight excluding hydrogens is 285 g/mol. The largest absolute Gasteiger partial charge is 0.304 e. The number of fused-ring (bicyclic) bond motifs is 1. The molecule has 2 aromatic heterocycles. The number of hydrogen-bond acceptors (Lipinski definition) is 2. The molecule has 0 radical (unpaired) electrons. The molecule has 3 nitrogen and oxygen atoms in total. The van der Waals surface area contributed by atoms with Crippen LogP contribution in [0.25, 0.3) is 16.9 Å². The van der Waals surface area contributed by atoms with Crippen LogP contribution in [0, 0.1) is 5.82 Å². The zero-order chi connectivity index (χ0) is 11.8. The van der Waals surface area contributed by atoms with Crippen molar-refractivity contribution in [1.82, 2.24) is 14.4 Å². The van der Waals surface area contributed by atoms with Crippen molar-refractivity contribution in [3.63, 3.8) is 0 Å². The van der Waals surface area contributed by atoms with Crippen LogP contribution in [0.1, 0.15) is 0 Å². The lowest BCUT2D eigenvalue weighted by atomic mass is 10.1. The van der Waals surface area contributed by atoms with Crippen LogP contribution in [0.5, 0.6) is 0 Å². The number of rotatable bonds is 1. The number of hydrogen-bond donors (Lipinski definition) is 0. The van der Waals surface area contributed by atoms with Crippen molar-refractivity contribution in [1.29, 1.82) is 0 Å². The van der Waals surface area contributed by atoms with Crippen LogP contribution in [0.15, 0.2) is 47.5 Å². The molecule has 3 aromatic rings. The van der Waals surface area contributed by atoms with Gasteiger partial charge in [-0.15, -0.1) is 0 Å². The minimum atomic E-state index is -0.287. The zero-order valence-corrected chi connectivity index (χ0v) is 10.2. The van der Waals surface area contributed by atoms with Crippen LogP contribution >= 0.6 is 15.9 Å². The summed E-state index contributed by atoms with van der Waals surface area (Å²) >= 11 is 3.32. The fourth-order valence-corrected chi connectivity index (χ4v) is 2.03. The van der Waals surface area contributed by atoms with E-state index in [0.29, 0.717) is 16.9 Å². The minimum Gasteiger partial charge on any atom is -0.304 e. The molecule has 0 aliphatic carbocycles. The van der Waals surface area contributed by atoms with Crippen molar-refractivity contribution < 1.29 is 4.39 Å². The van der Waals surface area contributed by atoms with Crippen molar-refractivity contribution in [3.05, 3.63) is 53.3 Å². The highest BCUT2D eigenvalue weighted by atomic mass is 79.9. The van der Waals surface area contributed by atoms with Gasteiger partial charge in [0.05, 0.1) is 11.9 Å². The standard InChI is InChI=1S/C12H7BrFN3/c13-8-1-2-10(14)9(5-8)11-7-17-4-3-15-6-12(17)16-11/h1-7H. The van der Waals surface area contributed by atoms with Gasteiger partial charge in [-0.3, -0.25) is 4.98 Å². The number of halogens is 2. The summed E-state index contributed by atoms with van der Waals surface area (Å²) in [6.07, 6.45) is 6.86. The van der Waals surface area contributed by atoms with Gasteiger partial charge in [0.2, 0.25) is 0 Å². The van der Waals surface area contributed by atoms with Crippen molar-refractivity contribution in [2.75, 3.05) is 0 Å². The Morgan fingerprint density at radius 3 is 3.00 bits per heavy atom. The van der Waals surface area contributed by atoms with Crippen molar-refractivity contribution in [2.24, 2.45) is 0 Å². The second-order valence-corrected chi connectivity index (χ2v) is 4.51. The Morgan fingerprint density at radius 1 is 1.29 bits per heavy atom. The molecule has 5 heteroatoms. The maximum atomic E-state index is 13.7. The van der Waals surface area contributed by atoms with Gasteiger partial charge >= 0.3 is 0 Å². The first-order valence-corrected chi connectivity index (χ1v) is 5.77. The second-order valence-electron chi connectivity index (χ2n) is 3.59. The molecule has 17 heavy (non-hydrogen) atoms. The molecule has 0 saturated heterocycles. The lowest BCUT2D eigenvalue weighted by Gasteiger charge is -1.99. The van der Waals surface area contributed by atoms with Crippen LogP contribution in [0.2, 0.25) is 0 Å². The maximum absolute atomic E-state index is 13.7. The van der Waals surface area contributed by atoms with E-state index in [0.717, 1.165) is 4.47 Å². The van der Waals surface area contributed by atoms with E-state index in [1.165, 1.54) is 6.07 Å². The quantitative estimate of drug-likeness (QED) is 0.689. The third-order valence-corrected chi connectivity index (χ3v) is 2.96. The molecule has 1 aromatic carbocycles. The molecule has 0 saturated carbocycles. The molecule has 0 unspecified atom stereocenters. The van der Waals surface area contributed by atoms with E-state index in [1.54, 1.807) is 36.9 Å². The van der Waals surface area contributed by atoms with E-state index < -0.39 is 0 Å². The summed E-state index contributed by atoms with van der Waals surface area (Å²) in [7, 11) is 0. The van der Waals surface area contributed by atoms with E-state index in [2.05, 4.69) is 25.9 Å². The van der Waals surface area contributed by atoms with Gasteiger partial charge in [0.1, 0.15) is 5.82 Å². The van der Waals surface area contributed by atoms with E-state index in [4.69, 9.17) is 0 Å². The third kappa shape index (κ3) is 1.82. The van der Waals surface area contributed by atoms with E-state index in [-0.39, 0.29) is 5.82 Å². The summed E-state index contributed by atoms with van der Waals surface area (Å²) in [6, 6.07) is 4.79. The molecule has 3 rings (SSSR count). The first-order valence-electron chi connectivity index (χ1n) is 4.98. The van der Waals surface area contributed by atoms with Gasteiger partial charge in [0.25, 0.3) is 0 Å². The van der Waals surface area contributed by atoms with Gasteiger partial charge in [0, 0.05) is 28.6 Å². The highest BCUT2D eigenvalue weighted by molar-refractivity contribution is 9.10. The average molecular weight is 292 g/mol. The van der Waals surface area contributed by atoms with Crippen LogP contribution in [-0.2, 0) is 0 Å². The highest BCUT2D eigenvalue weighted by Crippen LogP contribution is 2.25. The van der Waals surface area contributed by atoms with Gasteiger partial charge in [-0.05, 0) is 18.2 Å². The maximum Gasteiger partial charge on any atom is 0.155 e. The van der Waals surface area contributed by atoms with Gasteiger partial charge in [-0.2, -0.15) is 0 Å². The molecule has 0 fully saturated rings. The molecule has 0 amide bonds. The Kier molecular flexibility index (Phi) is 2.40. The molecule has 0 N–H and O–H groups in total. The normalized spacial score (nSPS) is 10.9. The molecule has 84 valence electrons. The highest BCUT2D eigenvalue weighted by Gasteiger charge is 2.09. The summed E-state index contributed by atoms with van der Waals surface area (Å²) in [5.41, 5.74) is 1.77. The molecule has 0 bridgehead atoms. The first-order chi connectivity index (χ1) is 8.24. The lowest BCUT2D eigenvalue weighted by molar-refractivity contribution is 0.630. The van der Waals surface area contributed by atoms with Crippen molar-refractivity contribution in [3.8, 4) is 11.3 Å². The fourth-order valence-electron chi connectivity index (χ4n) is 1.67. The summed E-state index contributed by atoms with van der Waals surface area (Å²) in [5.74, 6) is -0.287. The Balaban J connectivity index is 2.23. The summed E-state index contributed by atoms with van der Waals surface area (Å²) < 4.78 is 16.3. The monoisotopic (exact) mass is 291 g/mol. The van der Waals surface area contributed by atoms with Crippen LogP contribution in [-0.4, -0.2) is 14.4 Å². The number of benzene rings is 1. The Bertz CT molecular complexity index is 660.